The molecule has 26 heavy (non-hydrogen) atoms. The molecule has 1 amide bonds. The molecule has 0 radical (unpaired) electrons. The SMILES string of the molecule is COc1ccc(C(=O)O[C@@H](C)C(=O)N(C)Cc2ccccc2)cc1OC. The van der Waals surface area contributed by atoms with E-state index in [1.165, 1.54) is 25.2 Å². The van der Waals surface area contributed by atoms with Crippen LogP contribution in [0.4, 0.5) is 0 Å². The van der Waals surface area contributed by atoms with Crippen molar-refractivity contribution >= 4 is 11.9 Å². The lowest BCUT2D eigenvalue weighted by Gasteiger charge is -2.21. The molecule has 0 heterocycles. The van der Waals surface area contributed by atoms with Crippen LogP contribution in [0.2, 0.25) is 0 Å². The highest BCUT2D eigenvalue weighted by Crippen LogP contribution is 2.28. The van der Waals surface area contributed by atoms with Crippen molar-refractivity contribution < 1.29 is 23.8 Å². The van der Waals surface area contributed by atoms with Gasteiger partial charge in [-0.15, -0.1) is 0 Å². The predicted octanol–water partition coefficient (Wildman–Crippen LogP) is 2.91. The van der Waals surface area contributed by atoms with Crippen LogP contribution in [0, 0.1) is 0 Å². The van der Waals surface area contributed by atoms with Crippen LogP contribution in [0.25, 0.3) is 0 Å². The maximum atomic E-state index is 12.4. The van der Waals surface area contributed by atoms with Gasteiger partial charge in [0.25, 0.3) is 5.91 Å². The molecule has 1 atom stereocenters. The first-order valence-electron chi connectivity index (χ1n) is 8.18. The highest BCUT2D eigenvalue weighted by Gasteiger charge is 2.23. The number of ether oxygens (including phenoxy) is 3. The maximum absolute atomic E-state index is 12.4. The van der Waals surface area contributed by atoms with Crippen molar-refractivity contribution in [3.63, 3.8) is 0 Å². The highest BCUT2D eigenvalue weighted by atomic mass is 16.5. The Kier molecular flexibility index (Phi) is 6.60. The molecule has 6 heteroatoms. The van der Waals surface area contributed by atoms with Crippen molar-refractivity contribution in [1.82, 2.24) is 4.90 Å². The number of nitrogens with zero attached hydrogens (tertiary/aromatic N) is 1. The van der Waals surface area contributed by atoms with Crippen LogP contribution in [0.3, 0.4) is 0 Å². The van der Waals surface area contributed by atoms with Gasteiger partial charge in [0, 0.05) is 13.6 Å². The van der Waals surface area contributed by atoms with E-state index in [0.29, 0.717) is 18.0 Å². The molecule has 0 aromatic heterocycles. The van der Waals surface area contributed by atoms with E-state index < -0.39 is 12.1 Å². The summed E-state index contributed by atoms with van der Waals surface area (Å²) in [6.45, 7) is 2.00. The number of carbonyl (C=O) groups excluding carboxylic acids is 2. The Hall–Kier alpha value is -3.02. The van der Waals surface area contributed by atoms with Crippen molar-refractivity contribution in [3.05, 3.63) is 59.7 Å². The lowest BCUT2D eigenvalue weighted by atomic mass is 10.2. The zero-order chi connectivity index (χ0) is 19.1. The van der Waals surface area contributed by atoms with Gasteiger partial charge in [0.15, 0.2) is 17.6 Å². The number of hydrogen-bond donors (Lipinski definition) is 0. The van der Waals surface area contributed by atoms with E-state index in [0.717, 1.165) is 5.56 Å². The second-order valence-electron chi connectivity index (χ2n) is 5.80. The Morgan fingerprint density at radius 2 is 1.65 bits per heavy atom. The van der Waals surface area contributed by atoms with Crippen molar-refractivity contribution in [3.8, 4) is 11.5 Å². The highest BCUT2D eigenvalue weighted by molar-refractivity contribution is 5.92. The molecule has 0 aliphatic rings. The Morgan fingerprint density at radius 3 is 2.27 bits per heavy atom. The third-order valence-electron chi connectivity index (χ3n) is 3.89. The molecule has 2 aromatic rings. The van der Waals surface area contributed by atoms with E-state index >= 15 is 0 Å². The summed E-state index contributed by atoms with van der Waals surface area (Å²) >= 11 is 0. The quantitative estimate of drug-likeness (QED) is 0.713. The van der Waals surface area contributed by atoms with Gasteiger partial charge >= 0.3 is 5.97 Å². The molecule has 0 fully saturated rings. The van der Waals surface area contributed by atoms with E-state index in [2.05, 4.69) is 0 Å². The minimum absolute atomic E-state index is 0.275. The Balaban J connectivity index is 2.00. The summed E-state index contributed by atoms with van der Waals surface area (Å²) in [5.41, 5.74) is 1.29. The van der Waals surface area contributed by atoms with Crippen molar-refractivity contribution in [1.29, 1.82) is 0 Å². The second-order valence-corrected chi connectivity index (χ2v) is 5.80. The molecule has 6 nitrogen and oxygen atoms in total. The summed E-state index contributed by atoms with van der Waals surface area (Å²) in [5, 5.41) is 0. The van der Waals surface area contributed by atoms with Gasteiger partial charge in [0.05, 0.1) is 19.8 Å². The zero-order valence-corrected chi connectivity index (χ0v) is 15.4. The molecular formula is C20H23NO5. The van der Waals surface area contributed by atoms with Gasteiger partial charge < -0.3 is 19.1 Å². The topological polar surface area (TPSA) is 65.1 Å². The van der Waals surface area contributed by atoms with Crippen molar-refractivity contribution in [2.24, 2.45) is 0 Å². The molecule has 0 aliphatic heterocycles. The van der Waals surface area contributed by atoms with E-state index in [4.69, 9.17) is 14.2 Å². The standard InChI is InChI=1S/C20H23NO5/c1-14(19(22)21(2)13-15-8-6-5-7-9-15)26-20(23)16-10-11-17(24-3)18(12-16)25-4/h5-12,14H,13H2,1-4H3/t14-/m0/s1. The molecule has 0 saturated carbocycles. The van der Waals surface area contributed by atoms with Gasteiger partial charge in [-0.05, 0) is 30.7 Å². The molecule has 0 saturated heterocycles. The summed E-state index contributed by atoms with van der Waals surface area (Å²) in [6.07, 6.45) is -0.899. The number of likely N-dealkylation sites (N-methyl/N-ethyl adjacent to an activating group) is 1. The summed E-state index contributed by atoms with van der Waals surface area (Å²) in [4.78, 5) is 26.3. The van der Waals surface area contributed by atoms with Crippen molar-refractivity contribution in [2.45, 2.75) is 19.6 Å². The fourth-order valence-electron chi connectivity index (χ4n) is 2.49. The first kappa shape index (κ1) is 19.3. The first-order chi connectivity index (χ1) is 12.5. The Morgan fingerprint density at radius 1 is 1.00 bits per heavy atom. The van der Waals surface area contributed by atoms with Crippen LogP contribution in [-0.2, 0) is 16.1 Å². The van der Waals surface area contributed by atoms with Crippen LogP contribution in [-0.4, -0.2) is 44.1 Å². The van der Waals surface area contributed by atoms with Crippen LogP contribution >= 0.6 is 0 Å². The Bertz CT molecular complexity index is 760. The van der Waals surface area contributed by atoms with E-state index in [-0.39, 0.29) is 11.5 Å². The largest absolute Gasteiger partial charge is 0.493 e. The smallest absolute Gasteiger partial charge is 0.339 e. The summed E-state index contributed by atoms with van der Waals surface area (Å²) in [7, 11) is 4.67. The molecule has 0 unspecified atom stereocenters. The molecule has 138 valence electrons. The fraction of sp³-hybridized carbons (Fsp3) is 0.300. The number of amides is 1. The van der Waals surface area contributed by atoms with E-state index in [1.54, 1.807) is 26.1 Å². The van der Waals surface area contributed by atoms with Gasteiger partial charge in [-0.2, -0.15) is 0 Å². The molecule has 0 bridgehead atoms. The molecule has 0 spiro atoms. The first-order valence-corrected chi connectivity index (χ1v) is 8.18. The number of rotatable bonds is 7. The predicted molar refractivity (Wildman–Crippen MR) is 97.3 cm³/mol. The molecule has 2 aromatic carbocycles. The number of methoxy groups -OCH3 is 2. The van der Waals surface area contributed by atoms with Gasteiger partial charge in [0.2, 0.25) is 0 Å². The van der Waals surface area contributed by atoms with E-state index in [9.17, 15) is 9.59 Å². The number of benzene rings is 2. The van der Waals surface area contributed by atoms with Gasteiger partial charge in [0.1, 0.15) is 0 Å². The lowest BCUT2D eigenvalue weighted by molar-refractivity contribution is -0.139. The normalized spacial score (nSPS) is 11.4. The fourth-order valence-corrected chi connectivity index (χ4v) is 2.49. The minimum Gasteiger partial charge on any atom is -0.493 e. The lowest BCUT2D eigenvalue weighted by Crippen LogP contribution is -2.37. The number of hydrogen-bond acceptors (Lipinski definition) is 5. The van der Waals surface area contributed by atoms with Crippen LogP contribution in [0.1, 0.15) is 22.8 Å². The van der Waals surface area contributed by atoms with Gasteiger partial charge in [-0.25, -0.2) is 4.79 Å². The third kappa shape index (κ3) is 4.75. The van der Waals surface area contributed by atoms with Gasteiger partial charge in [-0.3, -0.25) is 4.79 Å². The average Bonchev–Trinajstić information content (AvgIpc) is 2.67. The van der Waals surface area contributed by atoms with Gasteiger partial charge in [-0.1, -0.05) is 30.3 Å². The Labute approximate surface area is 153 Å². The number of esters is 1. The molecule has 0 N–H and O–H groups in total. The van der Waals surface area contributed by atoms with E-state index in [1.807, 2.05) is 30.3 Å². The van der Waals surface area contributed by atoms with Crippen LogP contribution in [0.15, 0.2) is 48.5 Å². The summed E-state index contributed by atoms with van der Waals surface area (Å²) in [6, 6.07) is 14.3. The summed E-state index contributed by atoms with van der Waals surface area (Å²) in [5.74, 6) is 0.0560. The molecule has 0 aliphatic carbocycles. The average molecular weight is 357 g/mol. The number of carbonyl (C=O) groups is 2. The molecule has 2 rings (SSSR count). The monoisotopic (exact) mass is 357 g/mol. The summed E-state index contributed by atoms with van der Waals surface area (Å²) < 4.78 is 15.6. The van der Waals surface area contributed by atoms with Crippen LogP contribution in [0.5, 0.6) is 11.5 Å². The zero-order valence-electron chi connectivity index (χ0n) is 15.4. The minimum atomic E-state index is -0.899. The third-order valence-corrected chi connectivity index (χ3v) is 3.89. The van der Waals surface area contributed by atoms with Crippen LogP contribution < -0.4 is 9.47 Å². The second kappa shape index (κ2) is 8.89. The molecular weight excluding hydrogens is 334 g/mol. The van der Waals surface area contributed by atoms with Crippen molar-refractivity contribution in [2.75, 3.05) is 21.3 Å². The maximum Gasteiger partial charge on any atom is 0.339 e.